The van der Waals surface area contributed by atoms with Crippen molar-refractivity contribution in [3.63, 3.8) is 0 Å². The van der Waals surface area contributed by atoms with Crippen LogP contribution in [-0.4, -0.2) is 25.3 Å². The summed E-state index contributed by atoms with van der Waals surface area (Å²) in [5, 5.41) is 0. The smallest absolute Gasteiger partial charge is 0.193 e. The highest BCUT2D eigenvalue weighted by Gasteiger charge is 2.28. The molecule has 1 aliphatic rings. The van der Waals surface area contributed by atoms with E-state index in [1.54, 1.807) is 7.11 Å². The molecule has 0 aromatic heterocycles. The average Bonchev–Trinajstić information content (AvgIpc) is 2.13. The molecule has 0 amide bonds. The van der Waals surface area contributed by atoms with Gasteiger partial charge in [-0.25, -0.2) is 4.99 Å². The van der Waals surface area contributed by atoms with E-state index in [1.807, 2.05) is 13.8 Å². The minimum Gasteiger partial charge on any atom is -0.476 e. The van der Waals surface area contributed by atoms with E-state index in [1.165, 1.54) is 0 Å². The molecule has 0 aliphatic carbocycles. The highest BCUT2D eigenvalue weighted by atomic mass is 16.6. The molecule has 0 fully saturated rings. The van der Waals surface area contributed by atoms with Crippen molar-refractivity contribution in [2.75, 3.05) is 13.7 Å². The normalized spacial score (nSPS) is 33.9. The predicted molar refractivity (Wildman–Crippen MR) is 34.5 cm³/mol. The van der Waals surface area contributed by atoms with Crippen molar-refractivity contribution in [2.45, 2.75) is 19.6 Å². The number of rotatable bonds is 1. The van der Waals surface area contributed by atoms with Crippen LogP contribution in [-0.2, 0) is 9.47 Å². The van der Waals surface area contributed by atoms with Crippen molar-refractivity contribution >= 4 is 5.90 Å². The van der Waals surface area contributed by atoms with Gasteiger partial charge in [0.05, 0.1) is 0 Å². The maximum Gasteiger partial charge on any atom is 0.193 e. The van der Waals surface area contributed by atoms with Crippen LogP contribution in [0.2, 0.25) is 0 Å². The van der Waals surface area contributed by atoms with Gasteiger partial charge in [-0.3, -0.25) is 0 Å². The lowest BCUT2D eigenvalue weighted by Gasteiger charge is -2.14. The van der Waals surface area contributed by atoms with E-state index in [9.17, 15) is 0 Å². The van der Waals surface area contributed by atoms with E-state index in [2.05, 4.69) is 4.99 Å². The summed E-state index contributed by atoms with van der Waals surface area (Å²) < 4.78 is 10.1. The Labute approximate surface area is 54.7 Å². The van der Waals surface area contributed by atoms with Gasteiger partial charge in [0, 0.05) is 14.0 Å². The largest absolute Gasteiger partial charge is 0.476 e. The van der Waals surface area contributed by atoms with Crippen LogP contribution in [0, 0.1) is 0 Å². The molecular formula is C6H11NO2. The molecule has 9 heavy (non-hydrogen) atoms. The summed E-state index contributed by atoms with van der Waals surface area (Å²) in [4.78, 5) is 4.11. The van der Waals surface area contributed by atoms with Crippen LogP contribution in [0.25, 0.3) is 0 Å². The van der Waals surface area contributed by atoms with Gasteiger partial charge in [-0.1, -0.05) is 0 Å². The van der Waals surface area contributed by atoms with Crippen molar-refractivity contribution in [3.05, 3.63) is 0 Å². The first-order valence-corrected chi connectivity index (χ1v) is 2.91. The van der Waals surface area contributed by atoms with Gasteiger partial charge < -0.3 is 9.47 Å². The Balaban J connectivity index is 2.64. The second-order valence-corrected chi connectivity index (χ2v) is 2.30. The summed E-state index contributed by atoms with van der Waals surface area (Å²) in [7, 11) is 1.63. The highest BCUT2D eigenvalue weighted by molar-refractivity contribution is 5.75. The Kier molecular flexibility index (Phi) is 1.45. The quantitative estimate of drug-likeness (QED) is 0.524. The van der Waals surface area contributed by atoms with E-state index in [0.29, 0.717) is 12.5 Å². The zero-order valence-corrected chi connectivity index (χ0v) is 5.97. The standard InChI is InChI=1S/C6H11NO2/c1-5-7-6(2,8-3)4-9-5/h4H2,1-3H3. The first-order valence-electron chi connectivity index (χ1n) is 2.91. The topological polar surface area (TPSA) is 30.8 Å². The zero-order chi connectivity index (χ0) is 6.91. The van der Waals surface area contributed by atoms with Crippen LogP contribution in [0.1, 0.15) is 13.8 Å². The van der Waals surface area contributed by atoms with Crippen LogP contribution in [0.5, 0.6) is 0 Å². The van der Waals surface area contributed by atoms with Crippen molar-refractivity contribution in [1.82, 2.24) is 0 Å². The van der Waals surface area contributed by atoms with Crippen molar-refractivity contribution < 1.29 is 9.47 Å². The molecule has 0 aromatic rings. The van der Waals surface area contributed by atoms with E-state index in [0.717, 1.165) is 0 Å². The number of methoxy groups -OCH3 is 1. The van der Waals surface area contributed by atoms with Gasteiger partial charge in [0.2, 0.25) is 0 Å². The summed E-state index contributed by atoms with van der Waals surface area (Å²) in [6, 6.07) is 0. The molecule has 1 heterocycles. The first-order chi connectivity index (χ1) is 4.16. The van der Waals surface area contributed by atoms with E-state index < -0.39 is 5.72 Å². The van der Waals surface area contributed by atoms with Gasteiger partial charge in [-0.15, -0.1) is 0 Å². The monoisotopic (exact) mass is 129 g/mol. The maximum atomic E-state index is 5.08. The molecule has 52 valence electrons. The number of nitrogens with zero attached hydrogens (tertiary/aromatic N) is 1. The number of hydrogen-bond donors (Lipinski definition) is 0. The second-order valence-electron chi connectivity index (χ2n) is 2.30. The molecule has 0 radical (unpaired) electrons. The van der Waals surface area contributed by atoms with Gasteiger partial charge in [0.15, 0.2) is 11.6 Å². The number of ether oxygens (including phenoxy) is 2. The lowest BCUT2D eigenvalue weighted by Crippen LogP contribution is -2.25. The fraction of sp³-hybridized carbons (Fsp3) is 0.833. The summed E-state index contributed by atoms with van der Waals surface area (Å²) in [6.07, 6.45) is 0. The molecule has 1 atom stereocenters. The summed E-state index contributed by atoms with van der Waals surface area (Å²) in [5.41, 5.74) is -0.427. The van der Waals surface area contributed by atoms with Crippen molar-refractivity contribution in [2.24, 2.45) is 4.99 Å². The summed E-state index contributed by atoms with van der Waals surface area (Å²) >= 11 is 0. The number of hydrogen-bond acceptors (Lipinski definition) is 3. The minimum atomic E-state index is -0.427. The molecule has 0 saturated carbocycles. The molecule has 0 N–H and O–H groups in total. The first kappa shape index (κ1) is 6.55. The van der Waals surface area contributed by atoms with Crippen LogP contribution in [0.3, 0.4) is 0 Å². The maximum absolute atomic E-state index is 5.08. The van der Waals surface area contributed by atoms with E-state index >= 15 is 0 Å². The Morgan fingerprint density at radius 1 is 1.78 bits per heavy atom. The van der Waals surface area contributed by atoms with Gasteiger partial charge in [0.1, 0.15) is 6.61 Å². The third-order valence-corrected chi connectivity index (χ3v) is 1.38. The minimum absolute atomic E-state index is 0.427. The van der Waals surface area contributed by atoms with Crippen molar-refractivity contribution in [3.8, 4) is 0 Å². The molecule has 0 aromatic carbocycles. The van der Waals surface area contributed by atoms with Gasteiger partial charge in [0.25, 0.3) is 0 Å². The molecular weight excluding hydrogens is 118 g/mol. The molecule has 0 saturated heterocycles. The van der Waals surface area contributed by atoms with Crippen LogP contribution in [0.15, 0.2) is 4.99 Å². The summed E-state index contributed by atoms with van der Waals surface area (Å²) in [6.45, 7) is 4.25. The van der Waals surface area contributed by atoms with E-state index in [4.69, 9.17) is 9.47 Å². The Morgan fingerprint density at radius 2 is 2.44 bits per heavy atom. The molecule has 1 aliphatic heterocycles. The van der Waals surface area contributed by atoms with Gasteiger partial charge in [-0.05, 0) is 6.92 Å². The third-order valence-electron chi connectivity index (χ3n) is 1.38. The molecule has 0 spiro atoms. The van der Waals surface area contributed by atoms with E-state index in [-0.39, 0.29) is 0 Å². The molecule has 3 heteroatoms. The average molecular weight is 129 g/mol. The predicted octanol–water partition coefficient (Wildman–Crippen LogP) is 0.798. The fourth-order valence-electron chi connectivity index (χ4n) is 0.741. The second kappa shape index (κ2) is 1.99. The van der Waals surface area contributed by atoms with Crippen molar-refractivity contribution in [1.29, 1.82) is 0 Å². The molecule has 3 nitrogen and oxygen atoms in total. The Bertz CT molecular complexity index is 144. The Hall–Kier alpha value is -0.570. The molecule has 1 unspecified atom stereocenters. The fourth-order valence-corrected chi connectivity index (χ4v) is 0.741. The van der Waals surface area contributed by atoms with Gasteiger partial charge >= 0.3 is 0 Å². The lowest BCUT2D eigenvalue weighted by atomic mass is 10.3. The highest BCUT2D eigenvalue weighted by Crippen LogP contribution is 2.17. The number of aliphatic imine (C=N–C) groups is 1. The molecule has 1 rings (SSSR count). The lowest BCUT2D eigenvalue weighted by molar-refractivity contribution is -0.00551. The summed E-state index contributed by atoms with van der Waals surface area (Å²) in [5.74, 6) is 0.708. The van der Waals surface area contributed by atoms with Gasteiger partial charge in [-0.2, -0.15) is 0 Å². The zero-order valence-electron chi connectivity index (χ0n) is 5.97. The van der Waals surface area contributed by atoms with Crippen LogP contribution < -0.4 is 0 Å². The van der Waals surface area contributed by atoms with Crippen LogP contribution in [0.4, 0.5) is 0 Å². The van der Waals surface area contributed by atoms with Crippen LogP contribution >= 0.6 is 0 Å². The SMILES string of the molecule is COC1(C)COC(C)=N1. The third kappa shape index (κ3) is 1.21. The molecule has 0 bridgehead atoms. The Morgan fingerprint density at radius 3 is 2.67 bits per heavy atom.